The highest BCUT2D eigenvalue weighted by atomic mass is 16.3. The Hall–Kier alpha value is -0.915. The molecule has 1 nitrogen and oxygen atoms in total. The zero-order valence-electron chi connectivity index (χ0n) is 6.39. The molecule has 2 heteroatoms. The minimum Gasteiger partial charge on any atom is -0.508 e. The summed E-state index contributed by atoms with van der Waals surface area (Å²) in [6.45, 7) is 1.91. The average molecular weight is 134 g/mol. The maximum Gasteiger partial charge on any atom is 0.118 e. The van der Waals surface area contributed by atoms with Gasteiger partial charge < -0.3 is 5.11 Å². The quantitative estimate of drug-likeness (QED) is 0.564. The van der Waals surface area contributed by atoms with Crippen LogP contribution in [0.4, 0.5) is 0 Å². The van der Waals surface area contributed by atoms with Crippen LogP contribution in [-0.4, -0.2) is 13.0 Å². The molecule has 10 heavy (non-hydrogen) atoms. The molecule has 0 radical (unpaired) electrons. The van der Waals surface area contributed by atoms with Gasteiger partial charge in [-0.3, -0.25) is 0 Å². The minimum atomic E-state index is 0.386. The van der Waals surface area contributed by atoms with Crippen LogP contribution in [0, 0.1) is 6.92 Å². The van der Waals surface area contributed by atoms with Gasteiger partial charge in [0.1, 0.15) is 13.6 Å². The highest BCUT2D eigenvalue weighted by Crippen LogP contribution is 2.16. The molecule has 0 bridgehead atoms. The second-order valence-corrected chi connectivity index (χ2v) is 2.47. The third kappa shape index (κ3) is 1.32. The molecule has 0 heterocycles. The van der Waals surface area contributed by atoms with Crippen LogP contribution in [0.3, 0.4) is 0 Å². The van der Waals surface area contributed by atoms with Crippen LogP contribution >= 0.6 is 0 Å². The van der Waals surface area contributed by atoms with Crippen molar-refractivity contribution in [3.8, 4) is 5.75 Å². The van der Waals surface area contributed by atoms with Crippen molar-refractivity contribution >= 4 is 7.85 Å². The van der Waals surface area contributed by atoms with Crippen LogP contribution < -0.4 is 0 Å². The lowest BCUT2D eigenvalue weighted by Gasteiger charge is -1.99. The molecule has 0 fully saturated rings. The average Bonchev–Trinajstić information content (AvgIpc) is 1.95. The Morgan fingerprint density at radius 2 is 2.20 bits per heavy atom. The highest BCUT2D eigenvalue weighted by molar-refractivity contribution is 6.08. The Balaban J connectivity index is 3.04. The van der Waals surface area contributed by atoms with Gasteiger partial charge in [-0.1, -0.05) is 24.0 Å². The van der Waals surface area contributed by atoms with Gasteiger partial charge in [-0.05, 0) is 18.6 Å². The summed E-state index contributed by atoms with van der Waals surface area (Å²) in [5.74, 6) is 0.386. The molecule has 0 unspecified atom stereocenters. The lowest BCUT2D eigenvalue weighted by Crippen LogP contribution is -1.84. The standard InChI is InChI=1S/C8H11BO/c1-6-4-7(5-9)2-3-8(6)10/h2-4,10H,5,9H2,1H3. The van der Waals surface area contributed by atoms with E-state index in [1.54, 1.807) is 6.07 Å². The predicted molar refractivity (Wildman–Crippen MR) is 45.1 cm³/mol. The SMILES string of the molecule is BCc1ccc(O)c(C)c1. The van der Waals surface area contributed by atoms with Crippen molar-refractivity contribution in [3.63, 3.8) is 0 Å². The first-order valence-corrected chi connectivity index (χ1v) is 3.52. The summed E-state index contributed by atoms with van der Waals surface area (Å²) in [4.78, 5) is 0. The van der Waals surface area contributed by atoms with E-state index < -0.39 is 0 Å². The molecule has 0 aliphatic rings. The fourth-order valence-electron chi connectivity index (χ4n) is 0.937. The number of aromatic hydroxyl groups is 1. The second-order valence-electron chi connectivity index (χ2n) is 2.47. The van der Waals surface area contributed by atoms with Gasteiger partial charge in [-0.2, -0.15) is 0 Å². The molecule has 0 spiro atoms. The number of phenolic OH excluding ortho intramolecular Hbond substituents is 1. The summed E-state index contributed by atoms with van der Waals surface area (Å²) in [6, 6.07) is 5.70. The number of hydrogen-bond donors (Lipinski definition) is 1. The van der Waals surface area contributed by atoms with Crippen LogP contribution in [0.2, 0.25) is 0 Å². The zero-order valence-corrected chi connectivity index (χ0v) is 6.39. The molecule has 0 saturated carbocycles. The van der Waals surface area contributed by atoms with Crippen molar-refractivity contribution in [2.75, 3.05) is 0 Å². The fourth-order valence-corrected chi connectivity index (χ4v) is 0.937. The van der Waals surface area contributed by atoms with E-state index in [9.17, 15) is 0 Å². The van der Waals surface area contributed by atoms with Gasteiger partial charge in [0.25, 0.3) is 0 Å². The van der Waals surface area contributed by atoms with Gasteiger partial charge >= 0.3 is 0 Å². The number of benzene rings is 1. The van der Waals surface area contributed by atoms with Gasteiger partial charge in [-0.15, -0.1) is 0 Å². The maximum absolute atomic E-state index is 9.14. The number of phenols is 1. The fraction of sp³-hybridized carbons (Fsp3) is 0.250. The van der Waals surface area contributed by atoms with Crippen LogP contribution in [0.15, 0.2) is 18.2 Å². The molecule has 1 aromatic carbocycles. The Labute approximate surface area is 62.1 Å². The molecule has 0 saturated heterocycles. The Morgan fingerprint density at radius 3 is 2.70 bits per heavy atom. The molecule has 52 valence electrons. The zero-order chi connectivity index (χ0) is 7.56. The van der Waals surface area contributed by atoms with E-state index in [0.717, 1.165) is 11.9 Å². The number of hydrogen-bond acceptors (Lipinski definition) is 1. The van der Waals surface area contributed by atoms with E-state index in [1.165, 1.54) is 5.56 Å². The minimum absolute atomic E-state index is 0.386. The first kappa shape index (κ1) is 7.20. The van der Waals surface area contributed by atoms with Crippen LogP contribution in [0.25, 0.3) is 0 Å². The van der Waals surface area contributed by atoms with Gasteiger partial charge in [0.15, 0.2) is 0 Å². The van der Waals surface area contributed by atoms with Crippen LogP contribution in [-0.2, 0) is 6.32 Å². The van der Waals surface area contributed by atoms with Gasteiger partial charge in [0, 0.05) is 0 Å². The largest absolute Gasteiger partial charge is 0.508 e. The maximum atomic E-state index is 9.14. The van der Waals surface area contributed by atoms with Crippen molar-refractivity contribution in [3.05, 3.63) is 29.3 Å². The molecule has 1 N–H and O–H groups in total. The topological polar surface area (TPSA) is 20.2 Å². The Morgan fingerprint density at radius 1 is 1.50 bits per heavy atom. The molecule has 1 aromatic rings. The third-order valence-corrected chi connectivity index (χ3v) is 1.67. The van der Waals surface area contributed by atoms with Crippen molar-refractivity contribution in [2.45, 2.75) is 13.2 Å². The first-order valence-electron chi connectivity index (χ1n) is 3.52. The number of rotatable bonds is 1. The Kier molecular flexibility index (Phi) is 2.00. The molecular formula is C8H11BO. The van der Waals surface area contributed by atoms with Gasteiger partial charge in [0.05, 0.1) is 0 Å². The summed E-state index contributed by atoms with van der Waals surface area (Å²) < 4.78 is 0. The lowest BCUT2D eigenvalue weighted by atomic mass is 9.96. The van der Waals surface area contributed by atoms with Crippen molar-refractivity contribution in [1.29, 1.82) is 0 Å². The summed E-state index contributed by atoms with van der Waals surface area (Å²) in [5, 5.41) is 9.14. The van der Waals surface area contributed by atoms with E-state index in [1.807, 2.05) is 19.1 Å². The van der Waals surface area contributed by atoms with E-state index in [4.69, 9.17) is 5.11 Å². The monoisotopic (exact) mass is 134 g/mol. The number of aryl methyl sites for hydroxylation is 1. The van der Waals surface area contributed by atoms with Crippen molar-refractivity contribution in [2.24, 2.45) is 0 Å². The summed E-state index contributed by atoms with van der Waals surface area (Å²) in [6.07, 6.45) is 1.03. The third-order valence-electron chi connectivity index (χ3n) is 1.67. The van der Waals surface area contributed by atoms with E-state index in [2.05, 4.69) is 7.85 Å². The lowest BCUT2D eigenvalue weighted by molar-refractivity contribution is 0.471. The van der Waals surface area contributed by atoms with Crippen molar-refractivity contribution in [1.82, 2.24) is 0 Å². The molecule has 0 atom stereocenters. The normalized spacial score (nSPS) is 9.70. The highest BCUT2D eigenvalue weighted by Gasteiger charge is 1.94. The predicted octanol–water partition coefficient (Wildman–Crippen LogP) is 0.834. The first-order chi connectivity index (χ1) is 4.74. The van der Waals surface area contributed by atoms with E-state index >= 15 is 0 Å². The van der Waals surface area contributed by atoms with Gasteiger partial charge in [-0.25, -0.2) is 0 Å². The molecular weight excluding hydrogens is 123 g/mol. The molecule has 1 rings (SSSR count). The summed E-state index contributed by atoms with van der Waals surface area (Å²) in [7, 11) is 2.10. The molecule has 0 aliphatic carbocycles. The van der Waals surface area contributed by atoms with Crippen LogP contribution in [0.5, 0.6) is 5.75 Å². The smallest absolute Gasteiger partial charge is 0.118 e. The van der Waals surface area contributed by atoms with Crippen LogP contribution in [0.1, 0.15) is 11.1 Å². The molecule has 0 amide bonds. The molecule has 0 aromatic heterocycles. The summed E-state index contributed by atoms with van der Waals surface area (Å²) >= 11 is 0. The van der Waals surface area contributed by atoms with E-state index in [-0.39, 0.29) is 0 Å². The van der Waals surface area contributed by atoms with Gasteiger partial charge in [0.2, 0.25) is 0 Å². The van der Waals surface area contributed by atoms with E-state index in [0.29, 0.717) is 5.75 Å². The Bertz CT molecular complexity index is 233. The summed E-state index contributed by atoms with van der Waals surface area (Å²) in [5.41, 5.74) is 2.23. The van der Waals surface area contributed by atoms with Crippen molar-refractivity contribution < 1.29 is 5.11 Å². The molecule has 0 aliphatic heterocycles. The second kappa shape index (κ2) is 2.78.